The lowest BCUT2D eigenvalue weighted by atomic mass is 10.0. The largest absolute Gasteiger partial charge is 0.497 e. The first-order valence-electron chi connectivity index (χ1n) is 7.94. The zero-order valence-corrected chi connectivity index (χ0v) is 14.9. The summed E-state index contributed by atoms with van der Waals surface area (Å²) in [4.78, 5) is 0. The molecule has 0 radical (unpaired) electrons. The number of allylic oxidation sites excluding steroid dienone is 1. The van der Waals surface area contributed by atoms with Gasteiger partial charge < -0.3 is 14.8 Å². The van der Waals surface area contributed by atoms with Crippen LogP contribution in [0, 0.1) is 0 Å². The van der Waals surface area contributed by atoms with Crippen LogP contribution in [0.1, 0.15) is 17.2 Å². The van der Waals surface area contributed by atoms with Crippen molar-refractivity contribution < 1.29 is 9.47 Å². The Morgan fingerprint density at radius 2 is 1.88 bits per heavy atom. The van der Waals surface area contributed by atoms with E-state index in [-0.39, 0.29) is 6.04 Å². The first-order chi connectivity index (χ1) is 12.7. The molecule has 0 spiro atoms. The summed E-state index contributed by atoms with van der Waals surface area (Å²) in [6.45, 7) is 0. The van der Waals surface area contributed by atoms with Gasteiger partial charge in [-0.15, -0.1) is 0 Å². The maximum Gasteiger partial charge on any atom is 0.248 e. The van der Waals surface area contributed by atoms with Crippen LogP contribution >= 0.6 is 11.6 Å². The first kappa shape index (κ1) is 16.4. The van der Waals surface area contributed by atoms with Gasteiger partial charge in [0.15, 0.2) is 0 Å². The van der Waals surface area contributed by atoms with Crippen LogP contribution in [0.2, 0.25) is 5.02 Å². The maximum atomic E-state index is 6.02. The topological polar surface area (TPSA) is 74.1 Å². The van der Waals surface area contributed by atoms with Gasteiger partial charge in [-0.3, -0.25) is 0 Å². The standard InChI is InChI=1S/C18H16ClN5O2/c1-25-13-7-8-14(17(9-13)26-2)15-10-16(11-3-5-12(19)6-4-11)24-18(20-15)21-22-23-24/h3-10,16H,1-2H3,(H,20,21,23)/t16-/m0/s1. The van der Waals surface area contributed by atoms with Gasteiger partial charge in [-0.2, -0.15) is 4.68 Å². The molecule has 2 aromatic carbocycles. The Kier molecular flexibility index (Phi) is 4.22. The highest BCUT2D eigenvalue weighted by Crippen LogP contribution is 2.36. The maximum absolute atomic E-state index is 6.02. The van der Waals surface area contributed by atoms with Crippen molar-refractivity contribution in [3.05, 3.63) is 64.7 Å². The van der Waals surface area contributed by atoms with Crippen molar-refractivity contribution in [2.75, 3.05) is 19.5 Å². The zero-order valence-electron chi connectivity index (χ0n) is 14.2. The minimum absolute atomic E-state index is 0.166. The van der Waals surface area contributed by atoms with Gasteiger partial charge in [0.25, 0.3) is 0 Å². The number of hydrogen-bond donors (Lipinski definition) is 1. The van der Waals surface area contributed by atoms with Crippen molar-refractivity contribution in [2.24, 2.45) is 0 Å². The van der Waals surface area contributed by atoms with Gasteiger partial charge in [-0.05, 0) is 46.3 Å². The van der Waals surface area contributed by atoms with Crippen molar-refractivity contribution in [3.63, 3.8) is 0 Å². The Morgan fingerprint density at radius 1 is 1.08 bits per heavy atom. The van der Waals surface area contributed by atoms with Gasteiger partial charge in [0.05, 0.1) is 19.9 Å². The summed E-state index contributed by atoms with van der Waals surface area (Å²) in [5.74, 6) is 1.97. The number of ether oxygens (including phenoxy) is 2. The molecular weight excluding hydrogens is 354 g/mol. The van der Waals surface area contributed by atoms with Crippen molar-refractivity contribution in [3.8, 4) is 11.5 Å². The van der Waals surface area contributed by atoms with Gasteiger partial charge >= 0.3 is 0 Å². The first-order valence-corrected chi connectivity index (χ1v) is 8.32. The Hall–Kier alpha value is -3.06. The highest BCUT2D eigenvalue weighted by molar-refractivity contribution is 6.30. The normalized spacial score (nSPS) is 15.7. The summed E-state index contributed by atoms with van der Waals surface area (Å²) >= 11 is 6.02. The van der Waals surface area contributed by atoms with Crippen LogP contribution in [-0.2, 0) is 0 Å². The Morgan fingerprint density at radius 3 is 2.62 bits per heavy atom. The number of methoxy groups -OCH3 is 2. The summed E-state index contributed by atoms with van der Waals surface area (Å²) in [6.07, 6.45) is 2.05. The van der Waals surface area contributed by atoms with Crippen molar-refractivity contribution in [1.82, 2.24) is 20.2 Å². The molecule has 4 rings (SSSR count). The van der Waals surface area contributed by atoms with E-state index in [1.165, 1.54) is 0 Å². The second kappa shape index (κ2) is 6.68. The molecule has 0 unspecified atom stereocenters. The van der Waals surface area contributed by atoms with Crippen LogP contribution in [0.4, 0.5) is 5.95 Å². The molecule has 1 atom stereocenters. The average Bonchev–Trinajstić information content (AvgIpc) is 3.16. The molecule has 0 saturated heterocycles. The van der Waals surface area contributed by atoms with Crippen molar-refractivity contribution in [2.45, 2.75) is 6.04 Å². The van der Waals surface area contributed by atoms with Gasteiger partial charge in [0.2, 0.25) is 5.95 Å². The number of nitrogens with zero attached hydrogens (tertiary/aromatic N) is 4. The monoisotopic (exact) mass is 369 g/mol. The van der Waals surface area contributed by atoms with Crippen LogP contribution < -0.4 is 14.8 Å². The highest BCUT2D eigenvalue weighted by Gasteiger charge is 2.25. The van der Waals surface area contributed by atoms with Crippen molar-refractivity contribution in [1.29, 1.82) is 0 Å². The molecular formula is C18H16ClN5O2. The lowest BCUT2D eigenvalue weighted by Crippen LogP contribution is -2.20. The number of aromatic nitrogens is 4. The van der Waals surface area contributed by atoms with E-state index in [0.717, 1.165) is 22.6 Å². The van der Waals surface area contributed by atoms with Gasteiger partial charge in [-0.1, -0.05) is 28.8 Å². The molecule has 3 aromatic rings. The summed E-state index contributed by atoms with van der Waals surface area (Å²) < 4.78 is 12.5. The summed E-state index contributed by atoms with van der Waals surface area (Å²) in [7, 11) is 3.25. The van der Waals surface area contributed by atoms with Gasteiger partial charge in [0, 0.05) is 16.7 Å². The SMILES string of the molecule is COc1ccc(C2=C[C@@H](c3ccc(Cl)cc3)n3nnnc3N2)c(OC)c1. The smallest absolute Gasteiger partial charge is 0.248 e. The Balaban J connectivity index is 1.81. The summed E-state index contributed by atoms with van der Waals surface area (Å²) in [5.41, 5.74) is 2.77. The molecule has 0 saturated carbocycles. The van der Waals surface area contributed by atoms with Gasteiger partial charge in [-0.25, -0.2) is 0 Å². The summed E-state index contributed by atoms with van der Waals surface area (Å²) in [5, 5.41) is 15.9. The molecule has 0 amide bonds. The van der Waals surface area contributed by atoms with E-state index in [1.807, 2.05) is 42.5 Å². The minimum atomic E-state index is -0.166. The van der Waals surface area contributed by atoms with Crippen LogP contribution in [0.25, 0.3) is 5.70 Å². The van der Waals surface area contributed by atoms with Crippen LogP contribution in [0.3, 0.4) is 0 Å². The summed E-state index contributed by atoms with van der Waals surface area (Å²) in [6, 6.07) is 13.1. The number of halogens is 1. The third-order valence-corrected chi connectivity index (χ3v) is 4.49. The van der Waals surface area contributed by atoms with Crippen LogP contribution in [-0.4, -0.2) is 34.4 Å². The Labute approximate surface area is 155 Å². The fraction of sp³-hybridized carbons (Fsp3) is 0.167. The number of rotatable bonds is 4. The number of anilines is 1. The third-order valence-electron chi connectivity index (χ3n) is 4.24. The molecule has 1 aliphatic heterocycles. The molecule has 132 valence electrons. The van der Waals surface area contributed by atoms with Crippen LogP contribution in [0.15, 0.2) is 48.5 Å². The lowest BCUT2D eigenvalue weighted by Gasteiger charge is -2.24. The molecule has 7 nitrogen and oxygen atoms in total. The quantitative estimate of drug-likeness (QED) is 0.759. The molecule has 0 aliphatic carbocycles. The fourth-order valence-corrected chi connectivity index (χ4v) is 3.06. The molecule has 1 N–H and O–H groups in total. The Bertz CT molecular complexity index is 968. The molecule has 2 heterocycles. The molecule has 8 heteroatoms. The van der Waals surface area contributed by atoms with E-state index in [4.69, 9.17) is 21.1 Å². The lowest BCUT2D eigenvalue weighted by molar-refractivity contribution is 0.393. The van der Waals surface area contributed by atoms with E-state index >= 15 is 0 Å². The second-order valence-corrected chi connectivity index (χ2v) is 6.15. The molecule has 26 heavy (non-hydrogen) atoms. The second-order valence-electron chi connectivity index (χ2n) is 5.72. The predicted molar refractivity (Wildman–Crippen MR) is 98.6 cm³/mol. The van der Waals surface area contributed by atoms with Crippen LogP contribution in [0.5, 0.6) is 11.5 Å². The van der Waals surface area contributed by atoms with Gasteiger partial charge in [0.1, 0.15) is 17.5 Å². The number of nitrogens with one attached hydrogen (secondary N) is 1. The number of benzene rings is 2. The average molecular weight is 370 g/mol. The van der Waals surface area contributed by atoms with E-state index < -0.39 is 0 Å². The predicted octanol–water partition coefficient (Wildman–Crippen LogP) is 3.40. The third kappa shape index (κ3) is 2.86. The van der Waals surface area contributed by atoms with E-state index in [9.17, 15) is 0 Å². The van der Waals surface area contributed by atoms with E-state index in [1.54, 1.807) is 18.9 Å². The van der Waals surface area contributed by atoms with Crippen molar-refractivity contribution >= 4 is 23.2 Å². The van der Waals surface area contributed by atoms with E-state index in [2.05, 4.69) is 26.9 Å². The fourth-order valence-electron chi connectivity index (χ4n) is 2.93. The zero-order chi connectivity index (χ0) is 18.1. The molecule has 0 fully saturated rings. The number of fused-ring (bicyclic) bond motifs is 1. The number of hydrogen-bond acceptors (Lipinski definition) is 6. The van der Waals surface area contributed by atoms with E-state index in [0.29, 0.717) is 16.7 Å². The number of tetrazole rings is 1. The molecule has 0 bridgehead atoms. The minimum Gasteiger partial charge on any atom is -0.497 e. The molecule has 1 aromatic heterocycles. The highest BCUT2D eigenvalue weighted by atomic mass is 35.5. The molecule has 1 aliphatic rings.